The van der Waals surface area contributed by atoms with Gasteiger partial charge in [-0.15, -0.1) is 0 Å². The van der Waals surface area contributed by atoms with Crippen LogP contribution >= 0.6 is 0 Å². The number of carboxylic acids is 1. The van der Waals surface area contributed by atoms with Crippen molar-refractivity contribution >= 4 is 11.8 Å². The van der Waals surface area contributed by atoms with E-state index < -0.39 is 5.97 Å². The van der Waals surface area contributed by atoms with Gasteiger partial charge in [-0.05, 0) is 25.1 Å². The lowest BCUT2D eigenvalue weighted by Crippen LogP contribution is -2.15. The van der Waals surface area contributed by atoms with Crippen molar-refractivity contribution in [3.63, 3.8) is 0 Å². The first kappa shape index (κ1) is 13.8. The molecular weight excluding hydrogens is 256 g/mol. The van der Waals surface area contributed by atoms with Gasteiger partial charge in [-0.1, -0.05) is 35.9 Å². The van der Waals surface area contributed by atoms with Crippen molar-refractivity contribution < 1.29 is 19.4 Å². The van der Waals surface area contributed by atoms with Gasteiger partial charge < -0.3 is 9.84 Å². The Balaban J connectivity index is 2.09. The summed E-state index contributed by atoms with van der Waals surface area (Å²) >= 11 is 0. The summed E-state index contributed by atoms with van der Waals surface area (Å²) in [7, 11) is 0. The minimum atomic E-state index is -1.12. The number of hydrogen-bond acceptors (Lipinski definition) is 3. The molecule has 0 aliphatic carbocycles. The van der Waals surface area contributed by atoms with E-state index in [1.165, 1.54) is 12.1 Å². The van der Waals surface area contributed by atoms with Gasteiger partial charge in [-0.25, -0.2) is 4.79 Å². The molecule has 0 saturated heterocycles. The van der Waals surface area contributed by atoms with Gasteiger partial charge in [0.25, 0.3) is 0 Å². The summed E-state index contributed by atoms with van der Waals surface area (Å²) in [6, 6.07) is 13.4. The van der Waals surface area contributed by atoms with Crippen molar-refractivity contribution in [2.75, 3.05) is 6.61 Å². The van der Waals surface area contributed by atoms with Crippen molar-refractivity contribution in [1.29, 1.82) is 0 Å². The summed E-state index contributed by atoms with van der Waals surface area (Å²) in [4.78, 5) is 23.1. The molecule has 4 heteroatoms. The zero-order valence-corrected chi connectivity index (χ0v) is 11.0. The lowest BCUT2D eigenvalue weighted by molar-refractivity contribution is 0.0690. The molecule has 0 heterocycles. The molecular formula is C16H14O4. The molecule has 0 saturated carbocycles. The van der Waals surface area contributed by atoms with Gasteiger partial charge >= 0.3 is 5.97 Å². The molecule has 0 atom stereocenters. The molecule has 0 fully saturated rings. The first-order valence-electron chi connectivity index (χ1n) is 6.13. The van der Waals surface area contributed by atoms with E-state index in [-0.39, 0.29) is 23.5 Å². The Labute approximate surface area is 116 Å². The van der Waals surface area contributed by atoms with Crippen molar-refractivity contribution in [2.45, 2.75) is 6.92 Å². The summed E-state index contributed by atoms with van der Waals surface area (Å²) in [6.07, 6.45) is 0. The van der Waals surface area contributed by atoms with Crippen LogP contribution in [0.4, 0.5) is 0 Å². The molecule has 20 heavy (non-hydrogen) atoms. The van der Waals surface area contributed by atoms with Gasteiger partial charge in [0.2, 0.25) is 5.78 Å². The van der Waals surface area contributed by atoms with Gasteiger partial charge in [0.15, 0.2) is 6.61 Å². The molecule has 2 aromatic carbocycles. The van der Waals surface area contributed by atoms with Crippen LogP contribution in [0, 0.1) is 6.92 Å². The van der Waals surface area contributed by atoms with E-state index in [0.29, 0.717) is 5.75 Å². The summed E-state index contributed by atoms with van der Waals surface area (Å²) in [6.45, 7) is 1.77. The maximum Gasteiger partial charge on any atom is 0.336 e. The molecule has 2 rings (SSSR count). The van der Waals surface area contributed by atoms with Crippen LogP contribution in [-0.2, 0) is 0 Å². The van der Waals surface area contributed by atoms with Crippen LogP contribution < -0.4 is 4.74 Å². The molecule has 0 aliphatic rings. The van der Waals surface area contributed by atoms with Crippen LogP contribution in [-0.4, -0.2) is 23.5 Å². The van der Waals surface area contributed by atoms with E-state index >= 15 is 0 Å². The third-order valence-corrected chi connectivity index (χ3v) is 2.85. The summed E-state index contributed by atoms with van der Waals surface area (Å²) < 4.78 is 5.37. The largest absolute Gasteiger partial charge is 0.485 e. The van der Waals surface area contributed by atoms with Crippen molar-refractivity contribution in [1.82, 2.24) is 0 Å². The highest BCUT2D eigenvalue weighted by molar-refractivity contribution is 6.06. The lowest BCUT2D eigenvalue weighted by Gasteiger charge is -2.07. The van der Waals surface area contributed by atoms with Crippen LogP contribution in [0.15, 0.2) is 48.5 Å². The van der Waals surface area contributed by atoms with Crippen LogP contribution in [0.2, 0.25) is 0 Å². The first-order chi connectivity index (χ1) is 9.58. The summed E-state index contributed by atoms with van der Waals surface area (Å²) in [5, 5.41) is 9.04. The monoisotopic (exact) mass is 270 g/mol. The number of carboxylic acid groups (broad SMARTS) is 1. The third kappa shape index (κ3) is 3.23. The Morgan fingerprint density at radius 1 is 1.00 bits per heavy atom. The van der Waals surface area contributed by atoms with Crippen LogP contribution in [0.25, 0.3) is 0 Å². The molecule has 0 spiro atoms. The zero-order chi connectivity index (χ0) is 14.5. The molecule has 1 N–H and O–H groups in total. The second kappa shape index (κ2) is 6.02. The molecule has 4 nitrogen and oxygen atoms in total. The molecule has 0 bridgehead atoms. The lowest BCUT2D eigenvalue weighted by atomic mass is 10.0. The first-order valence-corrected chi connectivity index (χ1v) is 6.13. The van der Waals surface area contributed by atoms with Crippen LogP contribution in [0.5, 0.6) is 5.75 Å². The van der Waals surface area contributed by atoms with E-state index in [1.807, 2.05) is 19.1 Å². The van der Waals surface area contributed by atoms with Crippen LogP contribution in [0.3, 0.4) is 0 Å². The highest BCUT2D eigenvalue weighted by Crippen LogP contribution is 2.14. The number of hydrogen-bond donors (Lipinski definition) is 1. The fourth-order valence-corrected chi connectivity index (χ4v) is 1.77. The number of rotatable bonds is 5. The Bertz CT molecular complexity index is 629. The number of benzene rings is 2. The fourth-order valence-electron chi connectivity index (χ4n) is 1.77. The van der Waals surface area contributed by atoms with Gasteiger partial charge in [0.05, 0.1) is 5.56 Å². The predicted octanol–water partition coefficient (Wildman–Crippen LogP) is 2.95. The van der Waals surface area contributed by atoms with E-state index in [1.54, 1.807) is 24.3 Å². The smallest absolute Gasteiger partial charge is 0.336 e. The Morgan fingerprint density at radius 3 is 2.20 bits per heavy atom. The summed E-state index contributed by atoms with van der Waals surface area (Å²) in [5.41, 5.74) is 1.25. The second-order valence-electron chi connectivity index (χ2n) is 4.38. The van der Waals surface area contributed by atoms with Crippen molar-refractivity contribution in [3.05, 3.63) is 65.2 Å². The predicted molar refractivity (Wildman–Crippen MR) is 74.4 cm³/mol. The summed E-state index contributed by atoms with van der Waals surface area (Å²) in [5.74, 6) is -0.899. The molecule has 0 radical (unpaired) electrons. The minimum absolute atomic E-state index is 0.00925. The number of aromatic carboxylic acids is 1. The standard InChI is InChI=1S/C16H14O4/c1-11-6-8-12(9-7-11)20-10-15(17)13-4-2-3-5-14(13)16(18)19/h2-9H,10H2,1H3,(H,18,19). The van der Waals surface area contributed by atoms with E-state index in [2.05, 4.69) is 0 Å². The van der Waals surface area contributed by atoms with E-state index in [0.717, 1.165) is 5.56 Å². The molecule has 0 aliphatic heterocycles. The van der Waals surface area contributed by atoms with Crippen molar-refractivity contribution in [2.24, 2.45) is 0 Å². The number of ketones is 1. The maximum atomic E-state index is 12.0. The second-order valence-corrected chi connectivity index (χ2v) is 4.38. The number of Topliss-reactive ketones (excluding diaryl/α,β-unsaturated/α-hetero) is 1. The fraction of sp³-hybridized carbons (Fsp3) is 0.125. The highest BCUT2D eigenvalue weighted by Gasteiger charge is 2.16. The Kier molecular flexibility index (Phi) is 4.15. The number of ether oxygens (including phenoxy) is 1. The molecule has 2 aromatic rings. The highest BCUT2D eigenvalue weighted by atomic mass is 16.5. The number of carbonyl (C=O) groups excluding carboxylic acids is 1. The van der Waals surface area contributed by atoms with Crippen LogP contribution in [0.1, 0.15) is 26.3 Å². The SMILES string of the molecule is Cc1ccc(OCC(=O)c2ccccc2C(=O)O)cc1. The Hall–Kier alpha value is -2.62. The third-order valence-electron chi connectivity index (χ3n) is 2.85. The van der Waals surface area contributed by atoms with Gasteiger partial charge in [-0.3, -0.25) is 4.79 Å². The average Bonchev–Trinajstić information content (AvgIpc) is 2.46. The molecule has 0 aromatic heterocycles. The minimum Gasteiger partial charge on any atom is -0.485 e. The quantitative estimate of drug-likeness (QED) is 0.848. The molecule has 0 amide bonds. The van der Waals surface area contributed by atoms with Gasteiger partial charge in [0.1, 0.15) is 5.75 Å². The average molecular weight is 270 g/mol. The van der Waals surface area contributed by atoms with E-state index in [4.69, 9.17) is 9.84 Å². The van der Waals surface area contributed by atoms with E-state index in [9.17, 15) is 9.59 Å². The maximum absolute atomic E-state index is 12.0. The number of aryl methyl sites for hydroxylation is 1. The normalized spacial score (nSPS) is 10.1. The zero-order valence-electron chi connectivity index (χ0n) is 11.0. The van der Waals surface area contributed by atoms with Crippen molar-refractivity contribution in [3.8, 4) is 5.75 Å². The Morgan fingerprint density at radius 2 is 1.60 bits per heavy atom. The topological polar surface area (TPSA) is 63.6 Å². The van der Waals surface area contributed by atoms with Gasteiger partial charge in [0, 0.05) is 5.56 Å². The molecule has 0 unspecified atom stereocenters. The number of carbonyl (C=O) groups is 2. The molecule has 102 valence electrons. The van der Waals surface area contributed by atoms with Gasteiger partial charge in [-0.2, -0.15) is 0 Å².